The highest BCUT2D eigenvalue weighted by Gasteiger charge is 2.02. The molecule has 0 saturated heterocycles. The van der Waals surface area contributed by atoms with Crippen molar-refractivity contribution in [1.29, 1.82) is 0 Å². The van der Waals surface area contributed by atoms with Gasteiger partial charge in [0.05, 0.1) is 11.7 Å². The normalized spacial score (nSPS) is 10.9. The van der Waals surface area contributed by atoms with Gasteiger partial charge in [-0.3, -0.25) is 5.10 Å². The first-order valence-corrected chi connectivity index (χ1v) is 4.44. The number of benzene rings is 1. The summed E-state index contributed by atoms with van der Waals surface area (Å²) < 4.78 is 0. The third-order valence-electron chi connectivity index (χ3n) is 2.20. The molecule has 0 unspecified atom stereocenters. The molecule has 3 N–H and O–H groups in total. The van der Waals surface area contributed by atoms with Crippen molar-refractivity contribution < 1.29 is 0 Å². The zero-order chi connectivity index (χ0) is 9.26. The SMILES string of the molecule is Cc1cc(CCN)c2cn[nH]c2c1. The van der Waals surface area contributed by atoms with Crippen LogP contribution in [-0.4, -0.2) is 16.7 Å². The molecule has 1 aromatic heterocycles. The van der Waals surface area contributed by atoms with E-state index in [2.05, 4.69) is 29.3 Å². The summed E-state index contributed by atoms with van der Waals surface area (Å²) in [7, 11) is 0. The lowest BCUT2D eigenvalue weighted by atomic mass is 10.0. The van der Waals surface area contributed by atoms with Crippen molar-refractivity contribution in [2.45, 2.75) is 13.3 Å². The number of aryl methyl sites for hydroxylation is 1. The van der Waals surface area contributed by atoms with Gasteiger partial charge in [-0.05, 0) is 37.1 Å². The van der Waals surface area contributed by atoms with E-state index in [-0.39, 0.29) is 0 Å². The number of nitrogens with one attached hydrogen (secondary N) is 1. The number of nitrogens with two attached hydrogens (primary N) is 1. The van der Waals surface area contributed by atoms with Gasteiger partial charge in [0.25, 0.3) is 0 Å². The van der Waals surface area contributed by atoms with Crippen molar-refractivity contribution in [2.24, 2.45) is 5.73 Å². The molecule has 3 heteroatoms. The number of nitrogens with zero attached hydrogens (tertiary/aromatic N) is 1. The van der Waals surface area contributed by atoms with E-state index in [0.29, 0.717) is 6.54 Å². The Hall–Kier alpha value is -1.35. The first-order chi connectivity index (χ1) is 6.31. The summed E-state index contributed by atoms with van der Waals surface area (Å²) in [5, 5.41) is 8.18. The number of hydrogen-bond donors (Lipinski definition) is 2. The summed E-state index contributed by atoms with van der Waals surface area (Å²) >= 11 is 0. The second kappa shape index (κ2) is 3.18. The molecular weight excluding hydrogens is 162 g/mol. The van der Waals surface area contributed by atoms with Crippen LogP contribution in [0.4, 0.5) is 0 Å². The number of H-pyrrole nitrogens is 1. The van der Waals surface area contributed by atoms with Crippen LogP contribution in [0.1, 0.15) is 11.1 Å². The van der Waals surface area contributed by atoms with E-state index in [1.165, 1.54) is 16.5 Å². The molecule has 0 aliphatic carbocycles. The number of aromatic amines is 1. The van der Waals surface area contributed by atoms with Gasteiger partial charge in [0, 0.05) is 5.39 Å². The van der Waals surface area contributed by atoms with E-state index in [4.69, 9.17) is 5.73 Å². The highest BCUT2D eigenvalue weighted by atomic mass is 15.1. The summed E-state index contributed by atoms with van der Waals surface area (Å²) in [6.45, 7) is 2.77. The lowest BCUT2D eigenvalue weighted by Crippen LogP contribution is -2.03. The topological polar surface area (TPSA) is 54.7 Å². The fourth-order valence-electron chi connectivity index (χ4n) is 1.65. The van der Waals surface area contributed by atoms with Crippen LogP contribution in [0.25, 0.3) is 10.9 Å². The third kappa shape index (κ3) is 1.42. The maximum absolute atomic E-state index is 5.54. The van der Waals surface area contributed by atoms with E-state index in [1.807, 2.05) is 6.20 Å². The van der Waals surface area contributed by atoms with Crippen LogP contribution in [0.2, 0.25) is 0 Å². The maximum Gasteiger partial charge on any atom is 0.0655 e. The quantitative estimate of drug-likeness (QED) is 0.724. The van der Waals surface area contributed by atoms with Crippen molar-refractivity contribution in [3.8, 4) is 0 Å². The van der Waals surface area contributed by atoms with Crippen LogP contribution >= 0.6 is 0 Å². The first-order valence-electron chi connectivity index (χ1n) is 4.44. The van der Waals surface area contributed by atoms with Crippen LogP contribution in [0.3, 0.4) is 0 Å². The zero-order valence-corrected chi connectivity index (χ0v) is 7.67. The van der Waals surface area contributed by atoms with Gasteiger partial charge in [-0.15, -0.1) is 0 Å². The Kier molecular flexibility index (Phi) is 2.02. The van der Waals surface area contributed by atoms with Crippen molar-refractivity contribution in [2.75, 3.05) is 6.54 Å². The van der Waals surface area contributed by atoms with E-state index >= 15 is 0 Å². The Balaban J connectivity index is 2.63. The Bertz CT molecular complexity index is 417. The van der Waals surface area contributed by atoms with Crippen LogP contribution in [0, 0.1) is 6.92 Å². The molecule has 1 heterocycles. The molecule has 3 nitrogen and oxygen atoms in total. The highest BCUT2D eigenvalue weighted by Crippen LogP contribution is 2.18. The Morgan fingerprint density at radius 2 is 2.31 bits per heavy atom. The Labute approximate surface area is 76.9 Å². The average molecular weight is 175 g/mol. The average Bonchev–Trinajstić information content (AvgIpc) is 2.52. The van der Waals surface area contributed by atoms with Crippen molar-refractivity contribution in [3.05, 3.63) is 29.5 Å². The highest BCUT2D eigenvalue weighted by molar-refractivity contribution is 5.82. The van der Waals surface area contributed by atoms with Gasteiger partial charge < -0.3 is 5.73 Å². The molecule has 0 spiro atoms. The summed E-state index contributed by atoms with van der Waals surface area (Å²) in [4.78, 5) is 0. The number of aromatic nitrogens is 2. The van der Waals surface area contributed by atoms with Gasteiger partial charge in [-0.25, -0.2) is 0 Å². The van der Waals surface area contributed by atoms with E-state index in [9.17, 15) is 0 Å². The zero-order valence-electron chi connectivity index (χ0n) is 7.67. The van der Waals surface area contributed by atoms with Crippen molar-refractivity contribution >= 4 is 10.9 Å². The molecular formula is C10H13N3. The predicted octanol–water partition coefficient (Wildman–Crippen LogP) is 1.37. The van der Waals surface area contributed by atoms with Crippen LogP contribution in [0.5, 0.6) is 0 Å². The summed E-state index contributed by atoms with van der Waals surface area (Å²) in [6.07, 6.45) is 2.78. The van der Waals surface area contributed by atoms with Crippen LogP contribution < -0.4 is 5.73 Å². The molecule has 0 atom stereocenters. The molecule has 0 aliphatic heterocycles. The van der Waals surface area contributed by atoms with Crippen LogP contribution in [-0.2, 0) is 6.42 Å². The fraction of sp³-hybridized carbons (Fsp3) is 0.300. The van der Waals surface area contributed by atoms with E-state index in [1.54, 1.807) is 0 Å². The molecule has 2 rings (SSSR count). The largest absolute Gasteiger partial charge is 0.330 e. The summed E-state index contributed by atoms with van der Waals surface area (Å²) in [6, 6.07) is 4.27. The molecule has 2 aromatic rings. The lowest BCUT2D eigenvalue weighted by Gasteiger charge is -2.02. The number of hydrogen-bond acceptors (Lipinski definition) is 2. The first kappa shape index (κ1) is 8.26. The minimum Gasteiger partial charge on any atom is -0.330 e. The molecule has 0 aliphatic rings. The smallest absolute Gasteiger partial charge is 0.0655 e. The number of rotatable bonds is 2. The Morgan fingerprint density at radius 3 is 3.08 bits per heavy atom. The van der Waals surface area contributed by atoms with Crippen LogP contribution in [0.15, 0.2) is 18.3 Å². The Morgan fingerprint density at radius 1 is 1.46 bits per heavy atom. The second-order valence-corrected chi connectivity index (χ2v) is 3.29. The van der Waals surface area contributed by atoms with Gasteiger partial charge in [0.15, 0.2) is 0 Å². The predicted molar refractivity (Wildman–Crippen MR) is 53.6 cm³/mol. The minimum atomic E-state index is 0.684. The molecule has 0 radical (unpaired) electrons. The molecule has 1 aromatic carbocycles. The van der Waals surface area contributed by atoms with Gasteiger partial charge in [0.2, 0.25) is 0 Å². The van der Waals surface area contributed by atoms with Gasteiger partial charge >= 0.3 is 0 Å². The summed E-state index contributed by atoms with van der Waals surface area (Å²) in [5.74, 6) is 0. The van der Waals surface area contributed by atoms with E-state index in [0.717, 1.165) is 11.9 Å². The van der Waals surface area contributed by atoms with Crippen molar-refractivity contribution in [1.82, 2.24) is 10.2 Å². The van der Waals surface area contributed by atoms with Crippen molar-refractivity contribution in [3.63, 3.8) is 0 Å². The summed E-state index contributed by atoms with van der Waals surface area (Å²) in [5.41, 5.74) is 9.17. The maximum atomic E-state index is 5.54. The lowest BCUT2D eigenvalue weighted by molar-refractivity contribution is 0.976. The monoisotopic (exact) mass is 175 g/mol. The van der Waals surface area contributed by atoms with E-state index < -0.39 is 0 Å². The molecule has 0 fully saturated rings. The fourth-order valence-corrected chi connectivity index (χ4v) is 1.65. The molecule has 68 valence electrons. The number of fused-ring (bicyclic) bond motifs is 1. The standard InChI is InChI=1S/C10H13N3/c1-7-4-8(2-3-11)9-6-12-13-10(9)5-7/h4-6H,2-3,11H2,1H3,(H,12,13). The molecule has 0 saturated carbocycles. The molecule has 13 heavy (non-hydrogen) atoms. The molecule has 0 bridgehead atoms. The van der Waals surface area contributed by atoms with Gasteiger partial charge in [-0.2, -0.15) is 5.10 Å². The van der Waals surface area contributed by atoms with Gasteiger partial charge in [0.1, 0.15) is 0 Å². The van der Waals surface area contributed by atoms with Gasteiger partial charge in [-0.1, -0.05) is 6.07 Å². The second-order valence-electron chi connectivity index (χ2n) is 3.29. The molecule has 0 amide bonds. The third-order valence-corrected chi connectivity index (χ3v) is 2.20. The minimum absolute atomic E-state index is 0.684.